The SMILES string of the molecule is Cc1ccc2nc(-c3ccc(NC(=O)c4ccc5ocnc5c4)cc3)sc2c1. The molecule has 5 nitrogen and oxygen atoms in total. The molecule has 5 aromatic rings. The molecule has 0 aliphatic heterocycles. The highest BCUT2D eigenvalue weighted by Crippen LogP contribution is 2.31. The quantitative estimate of drug-likeness (QED) is 0.435. The van der Waals surface area contributed by atoms with Gasteiger partial charge < -0.3 is 9.73 Å². The van der Waals surface area contributed by atoms with Gasteiger partial charge in [0.1, 0.15) is 10.5 Å². The molecule has 0 fully saturated rings. The predicted molar refractivity (Wildman–Crippen MR) is 112 cm³/mol. The van der Waals surface area contributed by atoms with Gasteiger partial charge in [0.05, 0.1) is 10.2 Å². The van der Waals surface area contributed by atoms with Crippen LogP contribution in [-0.2, 0) is 0 Å². The summed E-state index contributed by atoms with van der Waals surface area (Å²) in [4.78, 5) is 21.3. The third-order valence-corrected chi connectivity index (χ3v) is 5.59. The highest BCUT2D eigenvalue weighted by Gasteiger charge is 2.10. The van der Waals surface area contributed by atoms with Crippen molar-refractivity contribution in [3.05, 3.63) is 78.2 Å². The maximum atomic E-state index is 12.5. The molecule has 0 unspecified atom stereocenters. The van der Waals surface area contributed by atoms with Crippen molar-refractivity contribution in [3.8, 4) is 10.6 Å². The zero-order chi connectivity index (χ0) is 19.1. The van der Waals surface area contributed by atoms with E-state index in [0.29, 0.717) is 16.7 Å². The lowest BCUT2D eigenvalue weighted by molar-refractivity contribution is 0.102. The average Bonchev–Trinajstić information content (AvgIpc) is 3.34. The van der Waals surface area contributed by atoms with E-state index in [-0.39, 0.29) is 5.91 Å². The monoisotopic (exact) mass is 385 g/mol. The summed E-state index contributed by atoms with van der Waals surface area (Å²) in [6.45, 7) is 2.08. The third-order valence-electron chi connectivity index (χ3n) is 4.53. The molecule has 0 saturated carbocycles. The smallest absolute Gasteiger partial charge is 0.255 e. The van der Waals surface area contributed by atoms with Gasteiger partial charge in [-0.05, 0) is 67.1 Å². The Kier molecular flexibility index (Phi) is 3.91. The number of hydrogen-bond acceptors (Lipinski definition) is 5. The first-order valence-corrected chi connectivity index (χ1v) is 9.60. The van der Waals surface area contributed by atoms with E-state index in [4.69, 9.17) is 9.40 Å². The molecule has 0 saturated heterocycles. The number of carbonyl (C=O) groups is 1. The molecule has 3 aromatic carbocycles. The lowest BCUT2D eigenvalue weighted by atomic mass is 10.1. The van der Waals surface area contributed by atoms with E-state index >= 15 is 0 Å². The summed E-state index contributed by atoms with van der Waals surface area (Å²) in [6, 6.07) is 19.2. The van der Waals surface area contributed by atoms with Crippen molar-refractivity contribution in [2.75, 3.05) is 5.32 Å². The van der Waals surface area contributed by atoms with E-state index in [0.717, 1.165) is 21.8 Å². The molecule has 0 atom stereocenters. The highest BCUT2D eigenvalue weighted by atomic mass is 32.1. The van der Waals surface area contributed by atoms with Crippen LogP contribution < -0.4 is 5.32 Å². The largest absolute Gasteiger partial charge is 0.443 e. The molecule has 2 heterocycles. The average molecular weight is 385 g/mol. The van der Waals surface area contributed by atoms with Crippen LogP contribution in [0.25, 0.3) is 31.9 Å². The van der Waals surface area contributed by atoms with Crippen molar-refractivity contribution in [1.29, 1.82) is 0 Å². The summed E-state index contributed by atoms with van der Waals surface area (Å²) >= 11 is 1.67. The Morgan fingerprint density at radius 1 is 1.00 bits per heavy atom. The molecule has 0 radical (unpaired) electrons. The number of hydrogen-bond donors (Lipinski definition) is 1. The van der Waals surface area contributed by atoms with Crippen LogP contribution >= 0.6 is 11.3 Å². The standard InChI is InChI=1S/C22H15N3O2S/c1-13-2-8-17-20(10-13)28-22(25-17)14-3-6-16(7-4-14)24-21(26)15-5-9-19-18(11-15)23-12-27-19/h2-12H,1H3,(H,24,26). The molecule has 5 rings (SSSR count). The highest BCUT2D eigenvalue weighted by molar-refractivity contribution is 7.21. The Hall–Kier alpha value is -3.51. The fraction of sp³-hybridized carbons (Fsp3) is 0.0455. The second-order valence-corrected chi connectivity index (χ2v) is 7.59. The van der Waals surface area contributed by atoms with Gasteiger partial charge in [0.2, 0.25) is 0 Å². The van der Waals surface area contributed by atoms with Crippen LogP contribution in [-0.4, -0.2) is 15.9 Å². The summed E-state index contributed by atoms with van der Waals surface area (Å²) in [6.07, 6.45) is 1.37. The van der Waals surface area contributed by atoms with Crippen LogP contribution in [0.1, 0.15) is 15.9 Å². The van der Waals surface area contributed by atoms with Gasteiger partial charge in [-0.3, -0.25) is 4.79 Å². The number of fused-ring (bicyclic) bond motifs is 2. The minimum absolute atomic E-state index is 0.187. The number of oxazole rings is 1. The molecule has 0 bridgehead atoms. The number of rotatable bonds is 3. The Morgan fingerprint density at radius 2 is 1.86 bits per heavy atom. The molecular weight excluding hydrogens is 370 g/mol. The lowest BCUT2D eigenvalue weighted by Crippen LogP contribution is -2.11. The first kappa shape index (κ1) is 16.6. The molecule has 1 N–H and O–H groups in total. The number of aryl methyl sites for hydroxylation is 1. The van der Waals surface area contributed by atoms with Gasteiger partial charge in [0, 0.05) is 16.8 Å². The number of carbonyl (C=O) groups excluding carboxylic acids is 1. The Morgan fingerprint density at radius 3 is 2.71 bits per heavy atom. The molecule has 0 aliphatic carbocycles. The Labute approximate surface area is 164 Å². The summed E-state index contributed by atoms with van der Waals surface area (Å²) in [7, 11) is 0. The zero-order valence-corrected chi connectivity index (χ0v) is 15.8. The molecule has 1 amide bonds. The van der Waals surface area contributed by atoms with Crippen molar-refractivity contribution in [2.45, 2.75) is 6.92 Å². The fourth-order valence-electron chi connectivity index (χ4n) is 3.05. The number of aromatic nitrogens is 2. The van der Waals surface area contributed by atoms with Crippen LogP contribution in [0, 0.1) is 6.92 Å². The molecule has 28 heavy (non-hydrogen) atoms. The van der Waals surface area contributed by atoms with Gasteiger partial charge in [-0.1, -0.05) is 6.07 Å². The molecule has 0 spiro atoms. The van der Waals surface area contributed by atoms with E-state index in [1.807, 2.05) is 30.3 Å². The zero-order valence-electron chi connectivity index (χ0n) is 15.0. The van der Waals surface area contributed by atoms with E-state index in [1.54, 1.807) is 29.5 Å². The van der Waals surface area contributed by atoms with Gasteiger partial charge in [-0.25, -0.2) is 9.97 Å². The van der Waals surface area contributed by atoms with Gasteiger partial charge in [-0.2, -0.15) is 0 Å². The number of nitrogens with one attached hydrogen (secondary N) is 1. The van der Waals surface area contributed by atoms with Gasteiger partial charge in [0.15, 0.2) is 12.0 Å². The molecular formula is C22H15N3O2S. The van der Waals surface area contributed by atoms with Gasteiger partial charge in [-0.15, -0.1) is 11.3 Å². The summed E-state index contributed by atoms with van der Waals surface area (Å²) < 4.78 is 6.38. The molecule has 2 aromatic heterocycles. The summed E-state index contributed by atoms with van der Waals surface area (Å²) in [5.41, 5.74) is 5.84. The van der Waals surface area contributed by atoms with Gasteiger partial charge in [0.25, 0.3) is 5.91 Å². The van der Waals surface area contributed by atoms with Crippen LogP contribution in [0.5, 0.6) is 0 Å². The van der Waals surface area contributed by atoms with E-state index < -0.39 is 0 Å². The van der Waals surface area contributed by atoms with Crippen molar-refractivity contribution < 1.29 is 9.21 Å². The second kappa shape index (κ2) is 6.58. The first-order chi connectivity index (χ1) is 13.7. The van der Waals surface area contributed by atoms with Crippen LogP contribution in [0.3, 0.4) is 0 Å². The van der Waals surface area contributed by atoms with Crippen LogP contribution in [0.4, 0.5) is 5.69 Å². The maximum absolute atomic E-state index is 12.5. The van der Waals surface area contributed by atoms with Gasteiger partial charge >= 0.3 is 0 Å². The van der Waals surface area contributed by atoms with Crippen LogP contribution in [0.2, 0.25) is 0 Å². The summed E-state index contributed by atoms with van der Waals surface area (Å²) in [5, 5.41) is 3.88. The minimum atomic E-state index is -0.187. The number of amides is 1. The third kappa shape index (κ3) is 3.04. The number of anilines is 1. The molecule has 6 heteroatoms. The number of thiazole rings is 1. The van der Waals surface area contributed by atoms with Crippen LogP contribution in [0.15, 0.2) is 71.5 Å². The second-order valence-electron chi connectivity index (χ2n) is 6.56. The molecule has 0 aliphatic rings. The predicted octanol–water partition coefficient (Wildman–Crippen LogP) is 5.67. The van der Waals surface area contributed by atoms with E-state index in [1.165, 1.54) is 16.7 Å². The van der Waals surface area contributed by atoms with Crippen molar-refractivity contribution in [2.24, 2.45) is 0 Å². The Balaban J connectivity index is 1.37. The summed E-state index contributed by atoms with van der Waals surface area (Å²) in [5.74, 6) is -0.187. The Bertz CT molecular complexity index is 1320. The lowest BCUT2D eigenvalue weighted by Gasteiger charge is -2.06. The molecule has 136 valence electrons. The van der Waals surface area contributed by atoms with E-state index in [9.17, 15) is 4.79 Å². The number of benzene rings is 3. The first-order valence-electron chi connectivity index (χ1n) is 8.78. The normalized spacial score (nSPS) is 11.2. The van der Waals surface area contributed by atoms with Crippen molar-refractivity contribution in [3.63, 3.8) is 0 Å². The van der Waals surface area contributed by atoms with Crippen molar-refractivity contribution >= 4 is 44.2 Å². The minimum Gasteiger partial charge on any atom is -0.443 e. The fourth-order valence-corrected chi connectivity index (χ4v) is 4.12. The van der Waals surface area contributed by atoms with E-state index in [2.05, 4.69) is 29.4 Å². The van der Waals surface area contributed by atoms with Crippen molar-refractivity contribution in [1.82, 2.24) is 9.97 Å². The topological polar surface area (TPSA) is 68.0 Å². The maximum Gasteiger partial charge on any atom is 0.255 e. The number of nitrogens with zero attached hydrogens (tertiary/aromatic N) is 2.